The van der Waals surface area contributed by atoms with Gasteiger partial charge >= 0.3 is 0 Å². The minimum Gasteiger partial charge on any atom is -0.352 e. The fraction of sp³-hybridized carbons (Fsp3) is 0.391. The van der Waals surface area contributed by atoms with Crippen molar-refractivity contribution >= 4 is 58.4 Å². The van der Waals surface area contributed by atoms with Gasteiger partial charge in [-0.1, -0.05) is 59.9 Å². The number of carbonyl (C=O) groups excluding carboxylic acids is 2. The van der Waals surface area contributed by atoms with E-state index in [0.29, 0.717) is 27.2 Å². The summed E-state index contributed by atoms with van der Waals surface area (Å²) in [6, 6.07) is 12.1. The van der Waals surface area contributed by atoms with Gasteiger partial charge in [-0.15, -0.1) is 11.8 Å². The van der Waals surface area contributed by atoms with Gasteiger partial charge < -0.3 is 10.2 Å². The first-order valence-corrected chi connectivity index (χ1v) is 12.4. The molecular weight excluding hydrogens is 475 g/mol. The molecule has 2 aromatic rings. The van der Waals surface area contributed by atoms with Gasteiger partial charge in [0.25, 0.3) is 0 Å². The molecule has 168 valence electrons. The van der Waals surface area contributed by atoms with Gasteiger partial charge in [-0.25, -0.2) is 0 Å². The quantitative estimate of drug-likeness (QED) is 0.421. The molecule has 2 rings (SSSR count). The lowest BCUT2D eigenvalue weighted by molar-refractivity contribution is -0.139. The molecule has 0 aliphatic carbocycles. The van der Waals surface area contributed by atoms with Crippen LogP contribution in [0.5, 0.6) is 0 Å². The third kappa shape index (κ3) is 8.23. The number of thioether (sulfide) groups is 1. The van der Waals surface area contributed by atoms with Crippen LogP contribution >= 0.6 is 46.6 Å². The van der Waals surface area contributed by atoms with Gasteiger partial charge in [0, 0.05) is 33.4 Å². The second-order valence-corrected chi connectivity index (χ2v) is 9.73. The normalized spacial score (nSPS) is 12.0. The van der Waals surface area contributed by atoms with Crippen molar-refractivity contribution in [2.24, 2.45) is 0 Å². The van der Waals surface area contributed by atoms with E-state index in [4.69, 9.17) is 34.8 Å². The highest BCUT2D eigenvalue weighted by molar-refractivity contribution is 7.99. The summed E-state index contributed by atoms with van der Waals surface area (Å²) in [4.78, 5) is 27.6. The molecule has 0 radical (unpaired) electrons. The van der Waals surface area contributed by atoms with Gasteiger partial charge in [0.15, 0.2) is 0 Å². The van der Waals surface area contributed by atoms with E-state index >= 15 is 0 Å². The average Bonchev–Trinajstić information content (AvgIpc) is 2.70. The van der Waals surface area contributed by atoms with Crippen LogP contribution in [0.3, 0.4) is 0 Å². The maximum atomic E-state index is 13.2. The molecule has 1 N–H and O–H groups in total. The third-order valence-corrected chi connectivity index (χ3v) is 6.41. The highest BCUT2D eigenvalue weighted by atomic mass is 35.5. The molecule has 31 heavy (non-hydrogen) atoms. The van der Waals surface area contributed by atoms with Gasteiger partial charge in [-0.05, 0) is 55.7 Å². The van der Waals surface area contributed by atoms with E-state index in [1.807, 2.05) is 45.0 Å². The number of halogens is 3. The number of nitrogens with one attached hydrogen (secondary N) is 1. The second kappa shape index (κ2) is 12.6. The zero-order valence-corrected chi connectivity index (χ0v) is 20.9. The van der Waals surface area contributed by atoms with Crippen molar-refractivity contribution < 1.29 is 9.59 Å². The number of rotatable bonds is 10. The lowest BCUT2D eigenvalue weighted by Gasteiger charge is -2.31. The summed E-state index contributed by atoms with van der Waals surface area (Å²) in [6.07, 6.45) is 0.497. The molecular formula is C23H27Cl3N2O2S. The molecule has 0 saturated heterocycles. The number of hydrogen-bond donors (Lipinski definition) is 1. The predicted molar refractivity (Wildman–Crippen MR) is 132 cm³/mol. The number of amides is 2. The van der Waals surface area contributed by atoms with Crippen LogP contribution in [-0.2, 0) is 21.9 Å². The van der Waals surface area contributed by atoms with Crippen LogP contribution < -0.4 is 5.32 Å². The van der Waals surface area contributed by atoms with Gasteiger partial charge in [0.05, 0.1) is 5.75 Å². The summed E-state index contributed by atoms with van der Waals surface area (Å²) in [7, 11) is 0. The molecule has 4 nitrogen and oxygen atoms in total. The minimum absolute atomic E-state index is 0.0168. The monoisotopic (exact) mass is 500 g/mol. The molecule has 2 amide bonds. The van der Waals surface area contributed by atoms with Crippen molar-refractivity contribution in [1.82, 2.24) is 10.2 Å². The minimum atomic E-state index is -0.585. The maximum Gasteiger partial charge on any atom is 0.243 e. The van der Waals surface area contributed by atoms with E-state index in [0.717, 1.165) is 11.1 Å². The van der Waals surface area contributed by atoms with E-state index in [-0.39, 0.29) is 30.2 Å². The summed E-state index contributed by atoms with van der Waals surface area (Å²) in [6.45, 7) is 5.93. The Kier molecular flexibility index (Phi) is 10.5. The Morgan fingerprint density at radius 2 is 1.68 bits per heavy atom. The number of carbonyl (C=O) groups is 2. The van der Waals surface area contributed by atoms with Crippen LogP contribution in [-0.4, -0.2) is 34.6 Å². The van der Waals surface area contributed by atoms with Crippen LogP contribution in [0.25, 0.3) is 0 Å². The van der Waals surface area contributed by atoms with E-state index in [1.54, 1.807) is 23.1 Å². The van der Waals surface area contributed by atoms with Crippen molar-refractivity contribution in [3.8, 4) is 0 Å². The maximum absolute atomic E-state index is 13.2. The number of hydrogen-bond acceptors (Lipinski definition) is 3. The Hall–Kier alpha value is -1.40. The smallest absolute Gasteiger partial charge is 0.243 e. The molecule has 0 fully saturated rings. The fourth-order valence-electron chi connectivity index (χ4n) is 3.05. The molecule has 0 aliphatic rings. The van der Waals surface area contributed by atoms with Crippen LogP contribution in [0.4, 0.5) is 0 Å². The molecule has 2 aromatic carbocycles. The molecule has 1 atom stereocenters. The van der Waals surface area contributed by atoms with E-state index in [1.165, 1.54) is 11.8 Å². The lowest BCUT2D eigenvalue weighted by Crippen LogP contribution is -2.51. The lowest BCUT2D eigenvalue weighted by atomic mass is 10.1. The van der Waals surface area contributed by atoms with Crippen LogP contribution in [0, 0.1) is 0 Å². The Balaban J connectivity index is 2.16. The Labute approximate surface area is 203 Å². The summed E-state index contributed by atoms with van der Waals surface area (Å²) in [5.74, 6) is 0.640. The SMILES string of the molecule is CCC(C(=O)NC(C)C)N(Cc1ccc(Cl)cc1Cl)C(=O)CSCc1ccc(Cl)cc1. The fourth-order valence-corrected chi connectivity index (χ4v) is 4.52. The average molecular weight is 502 g/mol. The zero-order chi connectivity index (χ0) is 23.0. The summed E-state index contributed by atoms with van der Waals surface area (Å²) in [5.41, 5.74) is 1.83. The van der Waals surface area contributed by atoms with Gasteiger partial charge in [-0.2, -0.15) is 0 Å². The topological polar surface area (TPSA) is 49.4 Å². The summed E-state index contributed by atoms with van der Waals surface area (Å²) >= 11 is 19.8. The van der Waals surface area contributed by atoms with Crippen molar-refractivity contribution in [2.45, 2.75) is 51.6 Å². The predicted octanol–water partition coefficient (Wildman–Crippen LogP) is 6.21. The highest BCUT2D eigenvalue weighted by Gasteiger charge is 2.29. The molecule has 1 unspecified atom stereocenters. The zero-order valence-electron chi connectivity index (χ0n) is 17.8. The van der Waals surface area contributed by atoms with Gasteiger partial charge in [0.2, 0.25) is 11.8 Å². The van der Waals surface area contributed by atoms with Crippen molar-refractivity contribution in [2.75, 3.05) is 5.75 Å². The molecule has 8 heteroatoms. The molecule has 0 bridgehead atoms. The molecule has 0 aliphatic heterocycles. The standard InChI is InChI=1S/C23H27Cl3N2O2S/c1-4-21(23(30)27-15(2)3)28(12-17-7-10-19(25)11-20(17)26)22(29)14-31-13-16-5-8-18(24)9-6-16/h5-11,15,21H,4,12-14H2,1-3H3,(H,27,30). The molecule has 0 aromatic heterocycles. The van der Waals surface area contributed by atoms with Crippen molar-refractivity contribution in [3.05, 3.63) is 68.7 Å². The van der Waals surface area contributed by atoms with Crippen molar-refractivity contribution in [3.63, 3.8) is 0 Å². The van der Waals surface area contributed by atoms with Gasteiger partial charge in [0.1, 0.15) is 6.04 Å². The highest BCUT2D eigenvalue weighted by Crippen LogP contribution is 2.24. The Morgan fingerprint density at radius 1 is 1.03 bits per heavy atom. The molecule has 0 saturated carbocycles. The van der Waals surface area contributed by atoms with Crippen LogP contribution in [0.15, 0.2) is 42.5 Å². The van der Waals surface area contributed by atoms with Crippen molar-refractivity contribution in [1.29, 1.82) is 0 Å². The number of nitrogens with zero attached hydrogens (tertiary/aromatic N) is 1. The number of benzene rings is 2. The van der Waals surface area contributed by atoms with Crippen LogP contribution in [0.1, 0.15) is 38.3 Å². The first kappa shape index (κ1) is 25.9. The third-order valence-electron chi connectivity index (χ3n) is 4.58. The second-order valence-electron chi connectivity index (χ2n) is 7.46. The Bertz CT molecular complexity index is 891. The molecule has 0 spiro atoms. The largest absolute Gasteiger partial charge is 0.352 e. The summed E-state index contributed by atoms with van der Waals surface area (Å²) < 4.78 is 0. The van der Waals surface area contributed by atoms with Gasteiger partial charge in [-0.3, -0.25) is 9.59 Å². The van der Waals surface area contributed by atoms with E-state index < -0.39 is 6.04 Å². The first-order valence-electron chi connectivity index (χ1n) is 10.1. The van der Waals surface area contributed by atoms with E-state index in [9.17, 15) is 9.59 Å². The first-order chi connectivity index (χ1) is 14.7. The summed E-state index contributed by atoms with van der Waals surface area (Å²) in [5, 5.41) is 4.59. The molecule has 0 heterocycles. The van der Waals surface area contributed by atoms with E-state index in [2.05, 4.69) is 5.32 Å². The van der Waals surface area contributed by atoms with Crippen LogP contribution in [0.2, 0.25) is 15.1 Å². The Morgan fingerprint density at radius 3 is 2.26 bits per heavy atom.